The van der Waals surface area contributed by atoms with Gasteiger partial charge in [-0.3, -0.25) is 14.9 Å². The zero-order valence-electron chi connectivity index (χ0n) is 16.2. The zero-order valence-corrected chi connectivity index (χ0v) is 16.2. The van der Waals surface area contributed by atoms with Crippen molar-refractivity contribution in [3.05, 3.63) is 53.1 Å². The van der Waals surface area contributed by atoms with Crippen molar-refractivity contribution >= 4 is 23.9 Å². The van der Waals surface area contributed by atoms with Crippen molar-refractivity contribution < 1.29 is 23.9 Å². The lowest BCUT2D eigenvalue weighted by molar-refractivity contribution is -0.121. The van der Waals surface area contributed by atoms with Gasteiger partial charge in [-0.2, -0.15) is 0 Å². The minimum atomic E-state index is -0.656. The van der Waals surface area contributed by atoms with Gasteiger partial charge in [0.2, 0.25) is 0 Å². The average molecular weight is 384 g/mol. The largest absolute Gasteiger partial charge is 0.493 e. The third-order valence-electron chi connectivity index (χ3n) is 3.83. The molecule has 3 amide bonds. The normalized spacial score (nSPS) is 10.1. The molecule has 0 saturated carbocycles. The molecule has 2 aromatic carbocycles. The fourth-order valence-corrected chi connectivity index (χ4v) is 2.46. The fraction of sp³-hybridized carbons (Fsp3) is 0.286. The van der Waals surface area contributed by atoms with Crippen molar-refractivity contribution in [1.29, 1.82) is 0 Å². The molecule has 0 aromatic heterocycles. The molecule has 0 unspecified atom stereocenters. The summed E-state index contributed by atoms with van der Waals surface area (Å²) in [7, 11) is 0. The van der Waals surface area contributed by atoms with Crippen LogP contribution in [0, 0.1) is 13.8 Å². The minimum absolute atomic E-state index is 0.216. The number of hydrogen-bond acceptors (Lipinski definition) is 5. The third-order valence-corrected chi connectivity index (χ3v) is 3.83. The number of carbonyl (C=O) groups excluding carboxylic acids is 3. The number of hydrogen-bond donors (Lipinski definition) is 2. The Morgan fingerprint density at radius 1 is 1.07 bits per heavy atom. The molecule has 0 atom stereocenters. The van der Waals surface area contributed by atoms with E-state index in [2.05, 4.69) is 10.6 Å². The number of benzene rings is 2. The lowest BCUT2D eigenvalue weighted by Crippen LogP contribution is -2.37. The molecule has 28 heavy (non-hydrogen) atoms. The Bertz CT molecular complexity index is 864. The van der Waals surface area contributed by atoms with E-state index in [1.165, 1.54) is 0 Å². The lowest BCUT2D eigenvalue weighted by atomic mass is 10.1. The highest BCUT2D eigenvalue weighted by molar-refractivity contribution is 6.02. The van der Waals surface area contributed by atoms with Gasteiger partial charge >= 0.3 is 6.03 Å². The van der Waals surface area contributed by atoms with Gasteiger partial charge in [-0.25, -0.2) is 4.79 Å². The number of anilines is 1. The summed E-state index contributed by atoms with van der Waals surface area (Å²) in [6, 6.07) is 9.65. The van der Waals surface area contributed by atoms with Crippen LogP contribution in [0.5, 0.6) is 11.5 Å². The maximum absolute atomic E-state index is 12.0. The summed E-state index contributed by atoms with van der Waals surface area (Å²) < 4.78 is 10.9. The average Bonchev–Trinajstić information content (AvgIpc) is 2.67. The van der Waals surface area contributed by atoms with Gasteiger partial charge in [0.1, 0.15) is 11.5 Å². The molecule has 0 aliphatic rings. The molecule has 0 fully saturated rings. The lowest BCUT2D eigenvalue weighted by Gasteiger charge is -2.12. The minimum Gasteiger partial charge on any atom is -0.493 e. The van der Waals surface area contributed by atoms with E-state index in [0.717, 1.165) is 17.5 Å². The molecule has 0 radical (unpaired) electrons. The number of carbonyl (C=O) groups is 3. The van der Waals surface area contributed by atoms with Gasteiger partial charge in [-0.05, 0) is 44.0 Å². The van der Waals surface area contributed by atoms with Gasteiger partial charge in [0.25, 0.3) is 5.91 Å². The molecule has 2 aromatic rings. The molecule has 0 aliphatic heterocycles. The number of rotatable bonds is 8. The van der Waals surface area contributed by atoms with Crippen LogP contribution in [0.3, 0.4) is 0 Å². The van der Waals surface area contributed by atoms with Crippen LogP contribution in [0.1, 0.15) is 34.8 Å². The molecule has 0 spiro atoms. The third kappa shape index (κ3) is 6.12. The fourth-order valence-electron chi connectivity index (χ4n) is 2.46. The Hall–Kier alpha value is -3.35. The number of amides is 3. The van der Waals surface area contributed by atoms with Gasteiger partial charge in [0, 0.05) is 11.8 Å². The van der Waals surface area contributed by atoms with Crippen molar-refractivity contribution in [2.24, 2.45) is 0 Å². The summed E-state index contributed by atoms with van der Waals surface area (Å²) in [4.78, 5) is 35.1. The highest BCUT2D eigenvalue weighted by Crippen LogP contribution is 2.24. The molecular weight excluding hydrogens is 360 g/mol. The zero-order chi connectivity index (χ0) is 20.5. The van der Waals surface area contributed by atoms with E-state index in [4.69, 9.17) is 9.47 Å². The van der Waals surface area contributed by atoms with E-state index >= 15 is 0 Å². The maximum atomic E-state index is 12.0. The predicted molar refractivity (Wildman–Crippen MR) is 106 cm³/mol. The smallest absolute Gasteiger partial charge is 0.325 e. The maximum Gasteiger partial charge on any atom is 0.325 e. The summed E-state index contributed by atoms with van der Waals surface area (Å²) in [5, 5.41) is 4.81. The van der Waals surface area contributed by atoms with Gasteiger partial charge in [0.15, 0.2) is 12.9 Å². The number of imide groups is 1. The summed E-state index contributed by atoms with van der Waals surface area (Å²) in [6.45, 7) is 5.90. The van der Waals surface area contributed by atoms with Crippen LogP contribution in [0.15, 0.2) is 36.4 Å². The Morgan fingerprint density at radius 3 is 2.54 bits per heavy atom. The van der Waals surface area contributed by atoms with Crippen LogP contribution < -0.4 is 20.1 Å². The second kappa shape index (κ2) is 10.1. The molecule has 0 heterocycles. The number of nitrogens with one attached hydrogen (secondary N) is 2. The Balaban J connectivity index is 1.92. The molecule has 0 bridgehead atoms. The second-order valence-corrected chi connectivity index (χ2v) is 6.28. The van der Waals surface area contributed by atoms with Crippen LogP contribution >= 0.6 is 0 Å². The highest BCUT2D eigenvalue weighted by Gasteiger charge is 2.12. The van der Waals surface area contributed by atoms with Crippen LogP contribution in [-0.2, 0) is 4.79 Å². The summed E-state index contributed by atoms with van der Waals surface area (Å²) in [5.74, 6) is 0.114. The van der Waals surface area contributed by atoms with Crippen LogP contribution in [0.4, 0.5) is 10.5 Å². The second-order valence-electron chi connectivity index (χ2n) is 6.28. The van der Waals surface area contributed by atoms with Crippen LogP contribution in [0.2, 0.25) is 0 Å². The van der Waals surface area contributed by atoms with Crippen molar-refractivity contribution in [3.8, 4) is 11.5 Å². The predicted octanol–water partition coefficient (Wildman–Crippen LogP) is 3.63. The Labute approximate surface area is 164 Å². The van der Waals surface area contributed by atoms with E-state index in [9.17, 15) is 14.4 Å². The van der Waals surface area contributed by atoms with Crippen LogP contribution in [-0.4, -0.2) is 31.4 Å². The highest BCUT2D eigenvalue weighted by atomic mass is 16.5. The molecule has 148 valence electrons. The summed E-state index contributed by atoms with van der Waals surface area (Å²) in [6.07, 6.45) is 1.47. The van der Waals surface area contributed by atoms with E-state index in [1.807, 2.05) is 32.9 Å². The van der Waals surface area contributed by atoms with E-state index in [0.29, 0.717) is 24.3 Å². The number of ether oxygens (including phenoxy) is 2. The number of aryl methyl sites for hydroxylation is 2. The molecule has 0 saturated heterocycles. The first-order valence-corrected chi connectivity index (χ1v) is 8.95. The Kier molecular flexibility index (Phi) is 7.56. The molecular formula is C21H24N2O5. The van der Waals surface area contributed by atoms with Gasteiger partial charge in [-0.15, -0.1) is 0 Å². The van der Waals surface area contributed by atoms with Gasteiger partial charge in [-0.1, -0.05) is 24.6 Å². The van der Waals surface area contributed by atoms with E-state index in [-0.39, 0.29) is 11.3 Å². The molecule has 7 heteroatoms. The first-order valence-electron chi connectivity index (χ1n) is 8.95. The molecule has 7 nitrogen and oxygen atoms in total. The van der Waals surface area contributed by atoms with Gasteiger partial charge < -0.3 is 14.8 Å². The molecule has 2 N–H and O–H groups in total. The van der Waals surface area contributed by atoms with Crippen molar-refractivity contribution in [2.75, 3.05) is 18.5 Å². The van der Waals surface area contributed by atoms with Crippen molar-refractivity contribution in [3.63, 3.8) is 0 Å². The summed E-state index contributed by atoms with van der Waals surface area (Å²) >= 11 is 0. The van der Waals surface area contributed by atoms with E-state index < -0.39 is 18.5 Å². The van der Waals surface area contributed by atoms with Crippen LogP contribution in [0.25, 0.3) is 0 Å². The quantitative estimate of drug-likeness (QED) is 0.678. The van der Waals surface area contributed by atoms with Gasteiger partial charge in [0.05, 0.1) is 12.2 Å². The molecule has 2 rings (SSSR count). The molecule has 0 aliphatic carbocycles. The monoisotopic (exact) mass is 384 g/mol. The Morgan fingerprint density at radius 2 is 1.86 bits per heavy atom. The topological polar surface area (TPSA) is 93.7 Å². The standard InChI is InChI=1S/C21H24N2O5/c1-4-9-27-17-7-6-16(12-24)19(11-17)28-13-20(25)23-21(26)22-18-8-5-14(2)10-15(18)3/h5-8,10-12H,4,9,13H2,1-3H3,(H2,22,23,25,26). The van der Waals surface area contributed by atoms with E-state index in [1.54, 1.807) is 24.3 Å². The van der Waals surface area contributed by atoms with Crippen molar-refractivity contribution in [1.82, 2.24) is 5.32 Å². The first-order chi connectivity index (χ1) is 13.4. The number of aldehydes is 1. The number of urea groups is 1. The van der Waals surface area contributed by atoms with Crippen molar-refractivity contribution in [2.45, 2.75) is 27.2 Å². The summed E-state index contributed by atoms with van der Waals surface area (Å²) in [5.41, 5.74) is 2.86. The SMILES string of the molecule is CCCOc1ccc(C=O)c(OCC(=O)NC(=O)Nc2ccc(C)cc2C)c1. The first kappa shape index (κ1) is 21.0.